The third kappa shape index (κ3) is 2.21. The Morgan fingerprint density at radius 2 is 2.54 bits per heavy atom. The van der Waals surface area contributed by atoms with Crippen LogP contribution >= 0.6 is 0 Å². The quantitative estimate of drug-likeness (QED) is 0.311. The van der Waals surface area contributed by atoms with E-state index in [4.69, 9.17) is 0 Å². The van der Waals surface area contributed by atoms with Gasteiger partial charge in [-0.3, -0.25) is 0 Å². The Labute approximate surface area is 72.6 Å². The van der Waals surface area contributed by atoms with Gasteiger partial charge >= 0.3 is 5.82 Å². The molecule has 1 N–H and O–H groups in total. The summed E-state index contributed by atoms with van der Waals surface area (Å²) in [7, 11) is 0. The van der Waals surface area contributed by atoms with Gasteiger partial charge in [-0.1, -0.05) is 5.10 Å². The predicted molar refractivity (Wildman–Crippen MR) is 41.9 cm³/mol. The number of rotatable bonds is 4. The normalized spacial score (nSPS) is 9.23. The molecular weight excluding hydrogens is 176 g/mol. The first-order valence-corrected chi connectivity index (χ1v) is 3.46. The maximum atomic E-state index is 10.3. The van der Waals surface area contributed by atoms with Crippen LogP contribution in [0.5, 0.6) is 0 Å². The molecule has 0 amide bonds. The second kappa shape index (κ2) is 4.13. The number of nitrogens with zero attached hydrogens (tertiary/aromatic N) is 3. The van der Waals surface area contributed by atoms with E-state index in [1.807, 2.05) is 0 Å². The third-order valence-electron chi connectivity index (χ3n) is 1.44. The molecule has 0 unspecified atom stereocenters. The van der Waals surface area contributed by atoms with Crippen molar-refractivity contribution >= 4 is 11.9 Å². The fourth-order valence-electron chi connectivity index (χ4n) is 0.867. The summed E-state index contributed by atoms with van der Waals surface area (Å²) in [6.45, 7) is 0.184. The van der Waals surface area contributed by atoms with Gasteiger partial charge in [0.05, 0.1) is 18.3 Å². The number of isocyanates is 1. The van der Waals surface area contributed by atoms with Gasteiger partial charge < -0.3 is 10.1 Å². The Kier molecular flexibility index (Phi) is 2.88. The number of aromatic nitrogens is 2. The van der Waals surface area contributed by atoms with Crippen molar-refractivity contribution in [3.63, 3.8) is 0 Å². The summed E-state index contributed by atoms with van der Waals surface area (Å²) in [5.74, 6) is -0.152. The lowest BCUT2D eigenvalue weighted by Crippen LogP contribution is -1.95. The molecule has 0 aliphatic carbocycles. The Bertz CT molecular complexity index is 353. The largest absolute Gasteiger partial charge is 0.358 e. The summed E-state index contributed by atoms with van der Waals surface area (Å²) < 4.78 is 0. The second-order valence-corrected chi connectivity index (χ2v) is 2.22. The van der Waals surface area contributed by atoms with E-state index in [2.05, 4.69) is 15.2 Å². The van der Waals surface area contributed by atoms with Crippen molar-refractivity contribution in [3.8, 4) is 0 Å². The van der Waals surface area contributed by atoms with Crippen LogP contribution in [0.25, 0.3) is 0 Å². The van der Waals surface area contributed by atoms with Crippen LogP contribution in [-0.4, -0.2) is 27.7 Å². The van der Waals surface area contributed by atoms with Crippen molar-refractivity contribution in [1.29, 1.82) is 0 Å². The maximum absolute atomic E-state index is 10.3. The van der Waals surface area contributed by atoms with Gasteiger partial charge in [0.1, 0.15) is 0 Å². The molecule has 0 atom stereocenters. The molecule has 0 spiro atoms. The molecule has 1 aromatic heterocycles. The summed E-state index contributed by atoms with van der Waals surface area (Å²) in [6.07, 6.45) is 3.01. The number of aliphatic imine (C=N–C) groups is 1. The van der Waals surface area contributed by atoms with Crippen LogP contribution in [0.3, 0.4) is 0 Å². The zero-order valence-corrected chi connectivity index (χ0v) is 6.56. The van der Waals surface area contributed by atoms with Gasteiger partial charge in [-0.05, 0) is 4.92 Å². The average Bonchev–Trinajstić information content (AvgIpc) is 2.53. The monoisotopic (exact) mass is 182 g/mol. The van der Waals surface area contributed by atoms with Crippen LogP contribution in [-0.2, 0) is 11.2 Å². The summed E-state index contributed by atoms with van der Waals surface area (Å²) in [6, 6.07) is 0. The fourth-order valence-corrected chi connectivity index (χ4v) is 0.867. The fraction of sp³-hybridized carbons (Fsp3) is 0.333. The van der Waals surface area contributed by atoms with Gasteiger partial charge in [0.2, 0.25) is 6.08 Å². The molecule has 0 radical (unpaired) electrons. The molecule has 68 valence electrons. The van der Waals surface area contributed by atoms with E-state index < -0.39 is 4.92 Å². The van der Waals surface area contributed by atoms with E-state index in [1.54, 1.807) is 0 Å². The first-order valence-electron chi connectivity index (χ1n) is 3.46. The molecule has 0 aliphatic rings. The Morgan fingerprint density at radius 3 is 3.15 bits per heavy atom. The topological polar surface area (TPSA) is 101 Å². The van der Waals surface area contributed by atoms with Gasteiger partial charge in [0.15, 0.2) is 0 Å². The van der Waals surface area contributed by atoms with E-state index in [9.17, 15) is 14.9 Å². The number of aromatic amines is 1. The molecule has 0 fully saturated rings. The smallest absolute Gasteiger partial charge is 0.345 e. The minimum absolute atomic E-state index is 0.152. The number of nitrogens with one attached hydrogen (secondary N) is 1. The maximum Gasteiger partial charge on any atom is 0.345 e. The van der Waals surface area contributed by atoms with Gasteiger partial charge in [0.25, 0.3) is 0 Å². The number of nitro groups is 1. The highest BCUT2D eigenvalue weighted by molar-refractivity contribution is 5.34. The Morgan fingerprint density at radius 1 is 1.77 bits per heavy atom. The molecule has 0 aliphatic heterocycles. The van der Waals surface area contributed by atoms with Gasteiger partial charge in [-0.15, -0.1) is 5.10 Å². The number of hydrogen-bond donors (Lipinski definition) is 1. The summed E-state index contributed by atoms with van der Waals surface area (Å²) in [5.41, 5.74) is 0.434. The first kappa shape index (κ1) is 9.08. The van der Waals surface area contributed by atoms with Crippen LogP contribution < -0.4 is 0 Å². The zero-order chi connectivity index (χ0) is 9.68. The van der Waals surface area contributed by atoms with Gasteiger partial charge in [-0.25, -0.2) is 9.79 Å². The Hall–Kier alpha value is -2.01. The summed E-state index contributed by atoms with van der Waals surface area (Å²) >= 11 is 0. The van der Waals surface area contributed by atoms with E-state index in [0.717, 1.165) is 0 Å². The lowest BCUT2D eigenvalue weighted by atomic mass is 10.2. The van der Waals surface area contributed by atoms with E-state index in [0.29, 0.717) is 12.0 Å². The van der Waals surface area contributed by atoms with Gasteiger partial charge in [0, 0.05) is 6.42 Å². The van der Waals surface area contributed by atoms with Crippen LogP contribution in [0, 0.1) is 10.1 Å². The molecule has 1 aromatic rings. The lowest BCUT2D eigenvalue weighted by Gasteiger charge is -1.92. The molecule has 1 rings (SSSR count). The van der Waals surface area contributed by atoms with Crippen LogP contribution in [0.4, 0.5) is 5.82 Å². The number of H-pyrrole nitrogens is 1. The summed E-state index contributed by atoms with van der Waals surface area (Å²) in [5, 5.41) is 16.1. The van der Waals surface area contributed by atoms with Crippen LogP contribution in [0.15, 0.2) is 11.2 Å². The van der Waals surface area contributed by atoms with Crippen molar-refractivity contribution < 1.29 is 9.72 Å². The molecule has 0 aromatic carbocycles. The molecule has 7 heteroatoms. The van der Waals surface area contributed by atoms with E-state index in [1.165, 1.54) is 12.3 Å². The SMILES string of the molecule is O=C=NCCc1cn[nH]c1[N+](=O)[O-]. The van der Waals surface area contributed by atoms with Crippen molar-refractivity contribution in [3.05, 3.63) is 21.9 Å². The van der Waals surface area contributed by atoms with Crippen LogP contribution in [0.2, 0.25) is 0 Å². The molecule has 1 heterocycles. The first-order chi connectivity index (χ1) is 6.25. The van der Waals surface area contributed by atoms with E-state index in [-0.39, 0.29) is 12.4 Å². The number of hydrogen-bond acceptors (Lipinski definition) is 5. The number of carbonyl (C=O) groups excluding carboxylic acids is 1. The molecule has 0 saturated heterocycles. The Balaban J connectivity index is 2.70. The minimum atomic E-state index is -0.563. The summed E-state index contributed by atoms with van der Waals surface area (Å²) in [4.78, 5) is 22.8. The second-order valence-electron chi connectivity index (χ2n) is 2.22. The molecule has 0 saturated carbocycles. The van der Waals surface area contributed by atoms with Crippen molar-refractivity contribution in [2.24, 2.45) is 4.99 Å². The van der Waals surface area contributed by atoms with Crippen molar-refractivity contribution in [2.75, 3.05) is 6.54 Å². The molecular formula is C6H6N4O3. The minimum Gasteiger partial charge on any atom is -0.358 e. The highest BCUT2D eigenvalue weighted by Gasteiger charge is 2.13. The highest BCUT2D eigenvalue weighted by Crippen LogP contribution is 2.13. The van der Waals surface area contributed by atoms with Crippen molar-refractivity contribution in [2.45, 2.75) is 6.42 Å². The molecule has 0 bridgehead atoms. The van der Waals surface area contributed by atoms with Crippen molar-refractivity contribution in [1.82, 2.24) is 10.2 Å². The predicted octanol–water partition coefficient (Wildman–Crippen LogP) is 0.196. The van der Waals surface area contributed by atoms with Gasteiger partial charge in [-0.2, -0.15) is 0 Å². The average molecular weight is 182 g/mol. The third-order valence-corrected chi connectivity index (χ3v) is 1.44. The molecule has 13 heavy (non-hydrogen) atoms. The van der Waals surface area contributed by atoms with E-state index >= 15 is 0 Å². The van der Waals surface area contributed by atoms with Crippen LogP contribution in [0.1, 0.15) is 5.56 Å². The highest BCUT2D eigenvalue weighted by atomic mass is 16.6. The standard InChI is InChI=1S/C6H6N4O3/c11-4-7-2-1-5-3-8-9-6(5)10(12)13/h3H,1-2H2,(H,8,9). The molecule has 7 nitrogen and oxygen atoms in total. The lowest BCUT2D eigenvalue weighted by molar-refractivity contribution is -0.390. The zero-order valence-electron chi connectivity index (χ0n) is 6.56.